The van der Waals surface area contributed by atoms with Gasteiger partial charge in [0.1, 0.15) is 29.4 Å². The van der Waals surface area contributed by atoms with Crippen LogP contribution in [0.15, 0.2) is 28.7 Å². The van der Waals surface area contributed by atoms with Crippen LogP contribution in [-0.2, 0) is 20.8 Å². The number of Topliss-reactive ketones (excluding diaryl/α,β-unsaturated/α-hetero) is 2. The minimum absolute atomic E-state index is 0.00416. The number of imide groups is 1. The molecular formula is C33H42N4O10. The van der Waals surface area contributed by atoms with E-state index in [0.29, 0.717) is 38.9 Å². The first kappa shape index (κ1) is 33.9. The van der Waals surface area contributed by atoms with Gasteiger partial charge in [0.25, 0.3) is 11.8 Å². The lowest BCUT2D eigenvalue weighted by atomic mass is 9.58. The number of hydrogen-bond donors (Lipinski definition) is 5. The van der Waals surface area contributed by atoms with E-state index in [0.717, 1.165) is 11.3 Å². The number of carbonyl (C=O) groups excluding carboxylic acids is 5. The van der Waals surface area contributed by atoms with Crippen LogP contribution in [0.4, 0.5) is 10.5 Å². The van der Waals surface area contributed by atoms with Crippen molar-refractivity contribution >= 4 is 35.1 Å². The molecule has 1 saturated heterocycles. The number of unbranched alkanes of at least 4 members (excludes halogenated alkanes) is 1. The minimum Gasteiger partial charge on any atom is -0.510 e. The quantitative estimate of drug-likeness (QED) is 0.173. The topological polar surface area (TPSA) is 211 Å². The number of fused-ring (bicyclic) bond motifs is 3. The van der Waals surface area contributed by atoms with E-state index in [2.05, 4.69) is 0 Å². The normalized spacial score (nSPS) is 25.9. The number of carbonyl (C=O) groups is 5. The number of nitrogens with zero attached hydrogens (tertiary/aromatic N) is 3. The van der Waals surface area contributed by atoms with Crippen LogP contribution in [0.5, 0.6) is 11.5 Å². The van der Waals surface area contributed by atoms with Crippen molar-refractivity contribution in [2.45, 2.75) is 70.9 Å². The van der Waals surface area contributed by atoms with Crippen LogP contribution in [0, 0.1) is 11.8 Å². The van der Waals surface area contributed by atoms with E-state index in [1.165, 1.54) is 18.1 Å². The lowest BCUT2D eigenvalue weighted by Crippen LogP contribution is -2.64. The molecule has 14 heteroatoms. The van der Waals surface area contributed by atoms with Gasteiger partial charge in [-0.05, 0) is 51.1 Å². The van der Waals surface area contributed by atoms with Crippen molar-refractivity contribution in [3.63, 3.8) is 0 Å². The van der Waals surface area contributed by atoms with Crippen molar-refractivity contribution in [1.29, 1.82) is 0 Å². The second-order valence-electron chi connectivity index (χ2n) is 12.6. The van der Waals surface area contributed by atoms with Crippen LogP contribution in [0.3, 0.4) is 0 Å². The van der Waals surface area contributed by atoms with Gasteiger partial charge in [0.15, 0.2) is 17.1 Å². The molecule has 1 aromatic carbocycles. The Hall–Kier alpha value is -4.43. The minimum atomic E-state index is -2.79. The number of primary amides is 1. The summed E-state index contributed by atoms with van der Waals surface area (Å²) in [6.07, 6.45) is 2.64. The van der Waals surface area contributed by atoms with Crippen molar-refractivity contribution in [3.05, 3.63) is 39.9 Å². The average molecular weight is 655 g/mol. The van der Waals surface area contributed by atoms with Gasteiger partial charge in [-0.2, -0.15) is 0 Å². The van der Waals surface area contributed by atoms with E-state index >= 15 is 0 Å². The van der Waals surface area contributed by atoms with E-state index in [1.54, 1.807) is 0 Å². The van der Waals surface area contributed by atoms with E-state index in [1.807, 2.05) is 25.7 Å². The van der Waals surface area contributed by atoms with Crippen molar-refractivity contribution in [1.82, 2.24) is 9.80 Å². The summed E-state index contributed by atoms with van der Waals surface area (Å²) in [4.78, 5) is 70.7. The molecule has 0 spiro atoms. The SMILES string of the molecule is CCCCN1CC(=O)N(c2cc(OC)c3c(c2O)C(=O)C2=C(O)[C@]4(O)C(=O)C(C(N)=O)=C(O)[C@@H](N(CCC)CCC)[C@@H]4C[C@@H]2C3)C1=O. The molecule has 1 aliphatic heterocycles. The van der Waals surface area contributed by atoms with Gasteiger partial charge in [0.05, 0.1) is 24.4 Å². The Balaban J connectivity index is 1.67. The molecule has 1 heterocycles. The van der Waals surface area contributed by atoms with Crippen molar-refractivity contribution < 1.29 is 49.1 Å². The number of rotatable bonds is 11. The number of allylic oxidation sites excluding steroid dienone is 1. The summed E-state index contributed by atoms with van der Waals surface area (Å²) in [5.74, 6) is -8.32. The Labute approximate surface area is 272 Å². The first-order valence-corrected chi connectivity index (χ1v) is 16.1. The number of phenolic OH excluding ortho intramolecular Hbond substituents is 1. The monoisotopic (exact) mass is 654 g/mol. The molecule has 47 heavy (non-hydrogen) atoms. The van der Waals surface area contributed by atoms with E-state index < -0.39 is 75.7 Å². The van der Waals surface area contributed by atoms with Gasteiger partial charge in [0, 0.05) is 29.7 Å². The largest absolute Gasteiger partial charge is 0.510 e. The number of aliphatic hydroxyl groups excluding tert-OH is 2. The van der Waals surface area contributed by atoms with Crippen molar-refractivity contribution in [3.8, 4) is 11.5 Å². The average Bonchev–Trinajstić information content (AvgIpc) is 3.30. The number of hydrogen-bond acceptors (Lipinski definition) is 11. The van der Waals surface area contributed by atoms with Crippen LogP contribution < -0.4 is 15.4 Å². The summed E-state index contributed by atoms with van der Waals surface area (Å²) in [6.45, 7) is 6.71. The maximum atomic E-state index is 14.3. The van der Waals surface area contributed by atoms with Gasteiger partial charge < -0.3 is 35.8 Å². The Morgan fingerprint density at radius 3 is 2.32 bits per heavy atom. The first-order valence-electron chi connectivity index (χ1n) is 16.1. The Morgan fingerprint density at radius 2 is 1.74 bits per heavy atom. The zero-order valence-electron chi connectivity index (χ0n) is 27.0. The zero-order valence-corrected chi connectivity index (χ0v) is 27.0. The van der Waals surface area contributed by atoms with Crippen LogP contribution in [-0.4, -0.2) is 105 Å². The standard InChI is InChI=1S/C33H42N4O10/c1-5-8-11-36-15-21(38)37(32(36)45)19-14-20(47-4)17-12-16-13-18-25(35(9-6-2)10-7-3)28(41)24(31(34)44)30(43)33(18,46)29(42)22(16)27(40)23(17)26(19)39/h14,16,18,25,39,41-42,46H,5-13,15H2,1-4H3,(H2,34,44)/t16-,18-,25-,33-/m0/s1. The van der Waals surface area contributed by atoms with Gasteiger partial charge in [0.2, 0.25) is 5.78 Å². The fourth-order valence-corrected chi connectivity index (χ4v) is 7.72. The molecule has 0 bridgehead atoms. The fraction of sp³-hybridized carbons (Fsp3) is 0.545. The Bertz CT molecular complexity index is 1610. The van der Waals surface area contributed by atoms with Gasteiger partial charge in [-0.1, -0.05) is 27.2 Å². The zero-order chi connectivity index (χ0) is 34.5. The molecular weight excluding hydrogens is 612 g/mol. The maximum absolute atomic E-state index is 14.3. The maximum Gasteiger partial charge on any atom is 0.332 e. The lowest BCUT2D eigenvalue weighted by Gasteiger charge is -2.51. The molecule has 254 valence electrons. The number of phenols is 1. The molecule has 4 atom stereocenters. The highest BCUT2D eigenvalue weighted by atomic mass is 16.5. The molecule has 5 rings (SSSR count). The summed E-state index contributed by atoms with van der Waals surface area (Å²) in [5.41, 5.74) is 1.13. The number of anilines is 1. The second-order valence-corrected chi connectivity index (χ2v) is 12.6. The lowest BCUT2D eigenvalue weighted by molar-refractivity contribution is -0.149. The van der Waals surface area contributed by atoms with E-state index in [9.17, 15) is 44.4 Å². The third-order valence-corrected chi connectivity index (χ3v) is 9.80. The number of nitrogens with two attached hydrogens (primary N) is 1. The van der Waals surface area contributed by atoms with Gasteiger partial charge in [-0.15, -0.1) is 0 Å². The summed E-state index contributed by atoms with van der Waals surface area (Å²) in [6, 6.07) is -0.438. The first-order chi connectivity index (χ1) is 22.3. The highest BCUT2D eigenvalue weighted by Gasteiger charge is 2.63. The molecule has 3 aliphatic carbocycles. The van der Waals surface area contributed by atoms with Crippen LogP contribution in [0.25, 0.3) is 0 Å². The highest BCUT2D eigenvalue weighted by Crippen LogP contribution is 2.54. The number of methoxy groups -OCH3 is 1. The number of ketones is 2. The Kier molecular flexibility index (Phi) is 9.12. The number of aliphatic hydroxyl groups is 3. The molecule has 0 radical (unpaired) electrons. The number of amides is 4. The molecule has 1 fully saturated rings. The van der Waals surface area contributed by atoms with Crippen LogP contribution in [0.2, 0.25) is 0 Å². The summed E-state index contributed by atoms with van der Waals surface area (Å²) in [5, 5.41) is 46.7. The van der Waals surface area contributed by atoms with E-state index in [4.69, 9.17) is 10.5 Å². The molecule has 0 unspecified atom stereocenters. The van der Waals surface area contributed by atoms with Crippen LogP contribution >= 0.6 is 0 Å². The highest BCUT2D eigenvalue weighted by molar-refractivity contribution is 6.25. The second kappa shape index (κ2) is 12.6. The molecule has 1 aromatic rings. The molecule has 0 saturated carbocycles. The third-order valence-electron chi connectivity index (χ3n) is 9.80. The summed E-state index contributed by atoms with van der Waals surface area (Å²) < 4.78 is 5.59. The molecule has 14 nitrogen and oxygen atoms in total. The van der Waals surface area contributed by atoms with Crippen molar-refractivity contribution in [2.24, 2.45) is 17.6 Å². The predicted octanol–water partition coefficient (Wildman–Crippen LogP) is 2.26. The number of ether oxygens (including phenoxy) is 1. The molecule has 4 aliphatic rings. The Morgan fingerprint density at radius 1 is 1.09 bits per heavy atom. The summed E-state index contributed by atoms with van der Waals surface area (Å²) in [7, 11) is 1.34. The van der Waals surface area contributed by atoms with Gasteiger partial charge in [-0.3, -0.25) is 24.1 Å². The van der Waals surface area contributed by atoms with Gasteiger partial charge >= 0.3 is 6.03 Å². The number of urea groups is 1. The summed E-state index contributed by atoms with van der Waals surface area (Å²) >= 11 is 0. The third kappa shape index (κ3) is 5.05. The number of aromatic hydroxyl groups is 1. The smallest absolute Gasteiger partial charge is 0.332 e. The van der Waals surface area contributed by atoms with Crippen LogP contribution in [0.1, 0.15) is 68.8 Å². The van der Waals surface area contributed by atoms with Crippen molar-refractivity contribution in [2.75, 3.05) is 38.2 Å². The molecule has 6 N–H and O–H groups in total. The van der Waals surface area contributed by atoms with E-state index in [-0.39, 0.29) is 47.5 Å². The number of benzene rings is 1. The molecule has 4 amide bonds. The predicted molar refractivity (Wildman–Crippen MR) is 168 cm³/mol. The molecule has 0 aromatic heterocycles. The van der Waals surface area contributed by atoms with Gasteiger partial charge in [-0.25, -0.2) is 9.69 Å². The fourth-order valence-electron chi connectivity index (χ4n) is 7.72.